The first-order chi connectivity index (χ1) is 12.9. The fraction of sp³-hybridized carbons (Fsp3) is 0.0526. The average Bonchev–Trinajstić information content (AvgIpc) is 2.68. The molecular weight excluding hydrogens is 430 g/mol. The molecule has 1 aromatic heterocycles. The summed E-state index contributed by atoms with van der Waals surface area (Å²) in [5.74, 6) is 0.238. The van der Waals surface area contributed by atoms with E-state index in [2.05, 4.69) is 31.7 Å². The van der Waals surface area contributed by atoms with Crippen LogP contribution in [0.4, 0.5) is 5.69 Å². The highest BCUT2D eigenvalue weighted by Crippen LogP contribution is 2.29. The van der Waals surface area contributed by atoms with Crippen LogP contribution >= 0.6 is 15.9 Å². The zero-order chi connectivity index (χ0) is 19.4. The second-order valence-electron chi connectivity index (χ2n) is 5.55. The van der Waals surface area contributed by atoms with Gasteiger partial charge in [-0.1, -0.05) is 28.1 Å². The lowest BCUT2D eigenvalue weighted by atomic mass is 10.1. The van der Waals surface area contributed by atoms with Gasteiger partial charge in [0.15, 0.2) is 0 Å². The molecule has 1 N–H and O–H groups in total. The molecule has 3 rings (SSSR count). The molecule has 0 fully saturated rings. The van der Waals surface area contributed by atoms with Gasteiger partial charge in [-0.2, -0.15) is 5.26 Å². The Morgan fingerprint density at radius 3 is 2.48 bits per heavy atom. The van der Waals surface area contributed by atoms with Crippen LogP contribution in [0, 0.1) is 11.3 Å². The molecule has 0 aliphatic carbocycles. The molecule has 2 aromatic carbocycles. The van der Waals surface area contributed by atoms with Gasteiger partial charge in [-0.3, -0.25) is 9.71 Å². The Hall–Kier alpha value is -2.89. The number of benzene rings is 2. The van der Waals surface area contributed by atoms with Crippen molar-refractivity contribution >= 4 is 31.6 Å². The van der Waals surface area contributed by atoms with E-state index in [1.165, 1.54) is 19.4 Å². The van der Waals surface area contributed by atoms with Crippen LogP contribution in [-0.4, -0.2) is 20.5 Å². The van der Waals surface area contributed by atoms with E-state index in [1.54, 1.807) is 48.7 Å². The molecule has 0 aliphatic heterocycles. The summed E-state index contributed by atoms with van der Waals surface area (Å²) in [4.78, 5) is 4.13. The number of rotatable bonds is 5. The standard InChI is InChI=1S/C19H14BrN3O3S/c1-26-18-7-6-16(20)9-19(18)27(24,25)23-17-8-15(11-22-12-17)14-4-2-13(10-21)3-5-14/h2-9,11-12,23H,1H3. The summed E-state index contributed by atoms with van der Waals surface area (Å²) in [5.41, 5.74) is 2.41. The second-order valence-corrected chi connectivity index (χ2v) is 8.12. The van der Waals surface area contributed by atoms with E-state index in [4.69, 9.17) is 10.00 Å². The minimum absolute atomic E-state index is 0.0168. The predicted octanol–water partition coefficient (Wildman–Crippen LogP) is 4.19. The molecule has 0 saturated heterocycles. The van der Waals surface area contributed by atoms with Crippen LogP contribution in [0.25, 0.3) is 11.1 Å². The lowest BCUT2D eigenvalue weighted by molar-refractivity contribution is 0.403. The minimum Gasteiger partial charge on any atom is -0.495 e. The quantitative estimate of drug-likeness (QED) is 0.637. The van der Waals surface area contributed by atoms with Crippen molar-refractivity contribution in [2.45, 2.75) is 4.90 Å². The summed E-state index contributed by atoms with van der Waals surface area (Å²) in [7, 11) is -2.46. The van der Waals surface area contributed by atoms with Crippen LogP contribution in [0.1, 0.15) is 5.56 Å². The summed E-state index contributed by atoms with van der Waals surface area (Å²) in [5, 5.41) is 8.89. The summed E-state index contributed by atoms with van der Waals surface area (Å²) < 4.78 is 33.9. The maximum atomic E-state index is 12.8. The van der Waals surface area contributed by atoms with Gasteiger partial charge in [0, 0.05) is 16.2 Å². The van der Waals surface area contributed by atoms with Crippen molar-refractivity contribution < 1.29 is 13.2 Å². The van der Waals surface area contributed by atoms with Gasteiger partial charge >= 0.3 is 0 Å². The molecule has 0 amide bonds. The Bertz CT molecular complexity index is 1120. The molecule has 0 aliphatic rings. The smallest absolute Gasteiger partial charge is 0.265 e. The summed E-state index contributed by atoms with van der Waals surface area (Å²) in [6.45, 7) is 0. The molecule has 0 bridgehead atoms. The molecule has 0 unspecified atom stereocenters. The SMILES string of the molecule is COc1ccc(Br)cc1S(=O)(=O)Nc1cncc(-c2ccc(C#N)cc2)c1. The lowest BCUT2D eigenvalue weighted by Crippen LogP contribution is -2.14. The molecular formula is C19H14BrN3O3S. The number of nitrogens with zero attached hydrogens (tertiary/aromatic N) is 2. The van der Waals surface area contributed by atoms with Crippen molar-refractivity contribution in [3.63, 3.8) is 0 Å². The number of ether oxygens (including phenoxy) is 1. The number of halogens is 1. The van der Waals surface area contributed by atoms with Gasteiger partial charge in [0.05, 0.1) is 30.6 Å². The first-order valence-electron chi connectivity index (χ1n) is 7.75. The van der Waals surface area contributed by atoms with Gasteiger partial charge < -0.3 is 4.74 Å². The maximum absolute atomic E-state index is 12.8. The molecule has 27 heavy (non-hydrogen) atoms. The molecule has 6 nitrogen and oxygen atoms in total. The third-order valence-electron chi connectivity index (χ3n) is 3.75. The number of anilines is 1. The van der Waals surface area contributed by atoms with E-state index in [-0.39, 0.29) is 10.6 Å². The predicted molar refractivity (Wildman–Crippen MR) is 106 cm³/mol. The van der Waals surface area contributed by atoms with Gasteiger partial charge in [0.25, 0.3) is 10.0 Å². The van der Waals surface area contributed by atoms with E-state index in [0.29, 0.717) is 15.7 Å². The number of nitrogens with one attached hydrogen (secondary N) is 1. The molecule has 0 saturated carbocycles. The molecule has 0 atom stereocenters. The molecule has 0 radical (unpaired) electrons. The topological polar surface area (TPSA) is 92.1 Å². The molecule has 3 aromatic rings. The van der Waals surface area contributed by atoms with E-state index in [9.17, 15) is 8.42 Å². The van der Waals surface area contributed by atoms with Gasteiger partial charge in [0.1, 0.15) is 10.6 Å². The number of methoxy groups -OCH3 is 1. The van der Waals surface area contributed by atoms with Crippen molar-refractivity contribution in [1.82, 2.24) is 4.98 Å². The van der Waals surface area contributed by atoms with E-state index >= 15 is 0 Å². The van der Waals surface area contributed by atoms with Gasteiger partial charge in [-0.25, -0.2) is 8.42 Å². The zero-order valence-corrected chi connectivity index (χ0v) is 16.6. The summed E-state index contributed by atoms with van der Waals surface area (Å²) in [6.07, 6.45) is 3.05. The van der Waals surface area contributed by atoms with Crippen LogP contribution < -0.4 is 9.46 Å². The monoisotopic (exact) mass is 443 g/mol. The largest absolute Gasteiger partial charge is 0.495 e. The Morgan fingerprint density at radius 2 is 1.81 bits per heavy atom. The Morgan fingerprint density at radius 1 is 1.07 bits per heavy atom. The van der Waals surface area contributed by atoms with Crippen molar-refractivity contribution in [2.24, 2.45) is 0 Å². The first kappa shape index (κ1) is 18.9. The van der Waals surface area contributed by atoms with Crippen LogP contribution in [0.5, 0.6) is 5.75 Å². The highest BCUT2D eigenvalue weighted by atomic mass is 79.9. The van der Waals surface area contributed by atoms with Gasteiger partial charge in [-0.05, 0) is 42.0 Å². The normalized spacial score (nSPS) is 10.9. The summed E-state index contributed by atoms with van der Waals surface area (Å²) in [6, 6.07) is 15.4. The number of sulfonamides is 1. The second kappa shape index (κ2) is 7.78. The molecule has 136 valence electrons. The van der Waals surface area contributed by atoms with Crippen LogP contribution in [0.15, 0.2) is 70.3 Å². The van der Waals surface area contributed by atoms with Gasteiger partial charge in [0.2, 0.25) is 0 Å². The molecule has 8 heteroatoms. The van der Waals surface area contributed by atoms with Crippen molar-refractivity contribution in [1.29, 1.82) is 5.26 Å². The Kier molecular flexibility index (Phi) is 5.44. The number of pyridine rings is 1. The van der Waals surface area contributed by atoms with Crippen LogP contribution in [0.2, 0.25) is 0 Å². The molecule has 1 heterocycles. The zero-order valence-electron chi connectivity index (χ0n) is 14.2. The van der Waals surface area contributed by atoms with E-state index < -0.39 is 10.0 Å². The maximum Gasteiger partial charge on any atom is 0.265 e. The van der Waals surface area contributed by atoms with E-state index in [0.717, 1.165) is 11.1 Å². The number of hydrogen-bond acceptors (Lipinski definition) is 5. The third kappa shape index (κ3) is 4.27. The van der Waals surface area contributed by atoms with Crippen LogP contribution in [-0.2, 0) is 10.0 Å². The number of nitriles is 1. The highest BCUT2D eigenvalue weighted by Gasteiger charge is 2.20. The van der Waals surface area contributed by atoms with Crippen LogP contribution in [0.3, 0.4) is 0 Å². The summed E-state index contributed by atoms with van der Waals surface area (Å²) >= 11 is 3.27. The number of hydrogen-bond donors (Lipinski definition) is 1. The minimum atomic E-state index is -3.88. The fourth-order valence-corrected chi connectivity index (χ4v) is 4.20. The Labute approximate surface area is 165 Å². The highest BCUT2D eigenvalue weighted by molar-refractivity contribution is 9.10. The van der Waals surface area contributed by atoms with E-state index in [1.807, 2.05) is 0 Å². The number of aromatic nitrogens is 1. The molecule has 0 spiro atoms. The average molecular weight is 444 g/mol. The third-order valence-corrected chi connectivity index (χ3v) is 5.65. The fourth-order valence-electron chi connectivity index (χ4n) is 2.46. The van der Waals surface area contributed by atoms with Crippen molar-refractivity contribution in [3.05, 3.63) is 71.0 Å². The van der Waals surface area contributed by atoms with Crippen molar-refractivity contribution in [3.8, 4) is 22.9 Å². The lowest BCUT2D eigenvalue weighted by Gasteiger charge is -2.12. The first-order valence-corrected chi connectivity index (χ1v) is 10.0. The Balaban J connectivity index is 1.94. The van der Waals surface area contributed by atoms with Gasteiger partial charge in [-0.15, -0.1) is 0 Å². The van der Waals surface area contributed by atoms with Crippen molar-refractivity contribution in [2.75, 3.05) is 11.8 Å².